The third kappa shape index (κ3) is 3.01. The molecule has 0 spiro atoms. The molecule has 4 nitrogen and oxygen atoms in total. The van der Waals surface area contributed by atoms with Crippen molar-refractivity contribution in [3.63, 3.8) is 0 Å². The summed E-state index contributed by atoms with van der Waals surface area (Å²) in [7, 11) is -2.98. The van der Waals surface area contributed by atoms with Crippen LogP contribution in [-0.2, 0) is 9.84 Å². The Balaban J connectivity index is 1.92. The molecule has 0 amide bonds. The molecule has 6 heteroatoms. The van der Waals surface area contributed by atoms with Gasteiger partial charge >= 0.3 is 0 Å². The average Bonchev–Trinajstić information content (AvgIpc) is 2.88. The van der Waals surface area contributed by atoms with Gasteiger partial charge in [0.2, 0.25) is 0 Å². The molecular formula is C15H18N2O2S2. The molecule has 0 N–H and O–H groups in total. The SMILES string of the molecule is C=C(C)CSC1=NC2CS(=O)(=O)CC2N1c1ccccc1. The van der Waals surface area contributed by atoms with Gasteiger partial charge in [-0.3, -0.25) is 4.99 Å². The molecule has 112 valence electrons. The van der Waals surface area contributed by atoms with Gasteiger partial charge < -0.3 is 4.90 Å². The third-order valence-corrected chi connectivity index (χ3v) is 6.49. The van der Waals surface area contributed by atoms with Gasteiger partial charge in [0.25, 0.3) is 0 Å². The lowest BCUT2D eigenvalue weighted by molar-refractivity contribution is 0.601. The Labute approximate surface area is 129 Å². The van der Waals surface area contributed by atoms with Crippen LogP contribution >= 0.6 is 11.8 Å². The second-order valence-corrected chi connectivity index (χ2v) is 8.67. The second-order valence-electron chi connectivity index (χ2n) is 5.57. The largest absolute Gasteiger partial charge is 0.315 e. The lowest BCUT2D eigenvalue weighted by Crippen LogP contribution is -2.39. The zero-order valence-corrected chi connectivity index (χ0v) is 13.5. The van der Waals surface area contributed by atoms with Gasteiger partial charge in [0.05, 0.1) is 23.6 Å². The topological polar surface area (TPSA) is 49.7 Å². The zero-order valence-electron chi connectivity index (χ0n) is 11.9. The van der Waals surface area contributed by atoms with E-state index >= 15 is 0 Å². The smallest absolute Gasteiger partial charge is 0.164 e. The number of fused-ring (bicyclic) bond motifs is 1. The lowest BCUT2D eigenvalue weighted by Gasteiger charge is -2.26. The molecule has 0 aliphatic carbocycles. The number of para-hydroxylation sites is 1. The molecule has 2 aliphatic heterocycles. The molecule has 3 rings (SSSR count). The monoisotopic (exact) mass is 322 g/mol. The molecule has 2 aliphatic rings. The molecule has 0 saturated carbocycles. The Morgan fingerprint density at radius 3 is 2.76 bits per heavy atom. The first-order chi connectivity index (χ1) is 9.96. The van der Waals surface area contributed by atoms with E-state index in [1.54, 1.807) is 11.8 Å². The van der Waals surface area contributed by atoms with E-state index in [2.05, 4.69) is 16.5 Å². The lowest BCUT2D eigenvalue weighted by atomic mass is 10.1. The summed E-state index contributed by atoms with van der Waals surface area (Å²) in [6.45, 7) is 5.91. The van der Waals surface area contributed by atoms with Crippen molar-refractivity contribution in [1.29, 1.82) is 0 Å². The number of hydrogen-bond acceptors (Lipinski definition) is 5. The van der Waals surface area contributed by atoms with Crippen LogP contribution in [-0.4, -0.2) is 42.9 Å². The molecule has 2 atom stereocenters. The number of thioether (sulfide) groups is 1. The molecule has 1 saturated heterocycles. The summed E-state index contributed by atoms with van der Waals surface area (Å²) in [4.78, 5) is 6.75. The number of hydrogen-bond donors (Lipinski definition) is 0. The van der Waals surface area contributed by atoms with E-state index in [9.17, 15) is 8.42 Å². The van der Waals surface area contributed by atoms with Crippen LogP contribution in [0.5, 0.6) is 0 Å². The molecule has 21 heavy (non-hydrogen) atoms. The number of amidine groups is 1. The zero-order chi connectivity index (χ0) is 15.0. The van der Waals surface area contributed by atoms with Crippen molar-refractivity contribution < 1.29 is 8.42 Å². The first-order valence-corrected chi connectivity index (χ1v) is 9.67. The third-order valence-electron chi connectivity index (χ3n) is 3.59. The predicted octanol–water partition coefficient (Wildman–Crippen LogP) is 2.34. The highest BCUT2D eigenvalue weighted by atomic mass is 32.2. The standard InChI is InChI=1S/C15H18N2O2S2/c1-11(2)8-20-15-16-13-9-21(18,19)10-14(13)17(15)12-6-4-3-5-7-12/h3-7,13-14H,1,8-10H2,2H3. The van der Waals surface area contributed by atoms with E-state index in [-0.39, 0.29) is 23.6 Å². The average molecular weight is 322 g/mol. The summed E-state index contributed by atoms with van der Waals surface area (Å²) >= 11 is 1.63. The molecule has 0 radical (unpaired) electrons. The molecule has 1 aromatic carbocycles. The van der Waals surface area contributed by atoms with Crippen LogP contribution in [0.3, 0.4) is 0 Å². The van der Waals surface area contributed by atoms with Gasteiger partial charge in [-0.05, 0) is 19.1 Å². The van der Waals surface area contributed by atoms with Crippen LogP contribution < -0.4 is 4.90 Å². The van der Waals surface area contributed by atoms with Crippen molar-refractivity contribution in [3.05, 3.63) is 42.5 Å². The molecule has 1 aromatic rings. The van der Waals surface area contributed by atoms with Crippen molar-refractivity contribution in [1.82, 2.24) is 0 Å². The van der Waals surface area contributed by atoms with Crippen molar-refractivity contribution in [2.24, 2.45) is 4.99 Å². The minimum absolute atomic E-state index is 0.0648. The molecule has 0 aromatic heterocycles. The molecule has 2 unspecified atom stereocenters. The summed E-state index contributed by atoms with van der Waals surface area (Å²) in [5, 5.41) is 0.911. The Morgan fingerprint density at radius 2 is 2.10 bits per heavy atom. The van der Waals surface area contributed by atoms with Gasteiger partial charge in [0.15, 0.2) is 15.0 Å². The number of nitrogens with zero attached hydrogens (tertiary/aromatic N) is 2. The number of benzene rings is 1. The number of aliphatic imine (C=N–C) groups is 1. The van der Waals surface area contributed by atoms with Crippen LogP contribution in [0.4, 0.5) is 5.69 Å². The number of rotatable bonds is 3. The summed E-state index contributed by atoms with van der Waals surface area (Å²) in [5.74, 6) is 1.15. The van der Waals surface area contributed by atoms with Gasteiger partial charge in [-0.1, -0.05) is 42.1 Å². The maximum Gasteiger partial charge on any atom is 0.164 e. The van der Waals surface area contributed by atoms with Crippen LogP contribution in [0.1, 0.15) is 6.92 Å². The number of anilines is 1. The van der Waals surface area contributed by atoms with E-state index in [4.69, 9.17) is 0 Å². The summed E-state index contributed by atoms with van der Waals surface area (Å²) in [6.07, 6.45) is 0. The van der Waals surface area contributed by atoms with Crippen molar-refractivity contribution in [2.45, 2.75) is 19.0 Å². The van der Waals surface area contributed by atoms with Crippen LogP contribution in [0.25, 0.3) is 0 Å². The van der Waals surface area contributed by atoms with Gasteiger partial charge in [0, 0.05) is 11.4 Å². The van der Waals surface area contributed by atoms with Crippen LogP contribution in [0, 0.1) is 0 Å². The Morgan fingerprint density at radius 1 is 1.38 bits per heavy atom. The van der Waals surface area contributed by atoms with E-state index in [1.165, 1.54) is 0 Å². The maximum atomic E-state index is 11.9. The maximum absolute atomic E-state index is 11.9. The van der Waals surface area contributed by atoms with E-state index in [0.717, 1.165) is 22.2 Å². The van der Waals surface area contributed by atoms with Crippen molar-refractivity contribution in [2.75, 3.05) is 22.2 Å². The van der Waals surface area contributed by atoms with E-state index < -0.39 is 9.84 Å². The summed E-state index contributed by atoms with van der Waals surface area (Å²) < 4.78 is 23.8. The quantitative estimate of drug-likeness (QED) is 0.802. The van der Waals surface area contributed by atoms with Gasteiger partial charge in [-0.2, -0.15) is 0 Å². The Hall–Kier alpha value is -1.27. The van der Waals surface area contributed by atoms with Crippen LogP contribution in [0.15, 0.2) is 47.5 Å². The van der Waals surface area contributed by atoms with Gasteiger partial charge in [0.1, 0.15) is 0 Å². The Bertz CT molecular complexity index is 683. The fraction of sp³-hybridized carbons (Fsp3) is 0.400. The Kier molecular flexibility index (Phi) is 3.84. The van der Waals surface area contributed by atoms with Crippen molar-refractivity contribution in [3.8, 4) is 0 Å². The highest BCUT2D eigenvalue weighted by Gasteiger charge is 2.46. The summed E-state index contributed by atoms with van der Waals surface area (Å²) in [6, 6.07) is 9.70. The number of sulfone groups is 1. The molecular weight excluding hydrogens is 304 g/mol. The van der Waals surface area contributed by atoms with E-state index in [1.807, 2.05) is 37.3 Å². The minimum atomic E-state index is -2.98. The summed E-state index contributed by atoms with van der Waals surface area (Å²) in [5.41, 5.74) is 2.09. The highest BCUT2D eigenvalue weighted by molar-refractivity contribution is 8.14. The fourth-order valence-electron chi connectivity index (χ4n) is 2.71. The van der Waals surface area contributed by atoms with Crippen LogP contribution in [0.2, 0.25) is 0 Å². The van der Waals surface area contributed by atoms with Crippen molar-refractivity contribution >= 4 is 32.5 Å². The first-order valence-electron chi connectivity index (χ1n) is 6.86. The molecule has 0 bridgehead atoms. The first kappa shape index (κ1) is 14.7. The fourth-order valence-corrected chi connectivity index (χ4v) is 5.52. The van der Waals surface area contributed by atoms with Gasteiger partial charge in [-0.25, -0.2) is 8.42 Å². The second kappa shape index (κ2) is 5.50. The highest BCUT2D eigenvalue weighted by Crippen LogP contribution is 2.35. The minimum Gasteiger partial charge on any atom is -0.315 e. The molecule has 1 fully saturated rings. The predicted molar refractivity (Wildman–Crippen MR) is 89.9 cm³/mol. The normalized spacial score (nSPS) is 26.5. The van der Waals surface area contributed by atoms with Gasteiger partial charge in [-0.15, -0.1) is 0 Å². The molecule has 2 heterocycles. The van der Waals surface area contributed by atoms with E-state index in [0.29, 0.717) is 0 Å².